The molecule has 0 saturated heterocycles. The molecule has 2 N–H and O–H groups in total. The maximum atomic E-state index is 5.74. The van der Waals surface area contributed by atoms with E-state index in [4.69, 9.17) is 10.2 Å². The molecule has 1 heterocycles. The van der Waals surface area contributed by atoms with Crippen LogP contribution in [0, 0.1) is 0 Å². The second-order valence-corrected chi connectivity index (χ2v) is 3.13. The standard InChI is InChI=1S/C7H12N2O/c1-7(2,8)3-6-4-9-5-10-6/h4-5H,3,8H2,1-2H3. The third-order valence-electron chi connectivity index (χ3n) is 1.11. The Kier molecular flexibility index (Phi) is 1.76. The van der Waals surface area contributed by atoms with Crippen molar-refractivity contribution in [3.8, 4) is 0 Å². The van der Waals surface area contributed by atoms with Crippen LogP contribution in [0.25, 0.3) is 0 Å². The Balaban J connectivity index is 2.57. The van der Waals surface area contributed by atoms with E-state index in [-0.39, 0.29) is 5.54 Å². The van der Waals surface area contributed by atoms with Crippen LogP contribution < -0.4 is 5.73 Å². The predicted octanol–water partition coefficient (Wildman–Crippen LogP) is 0.954. The minimum Gasteiger partial charge on any atom is -0.448 e. The Morgan fingerprint density at radius 2 is 2.40 bits per heavy atom. The van der Waals surface area contributed by atoms with Gasteiger partial charge in [-0.05, 0) is 13.8 Å². The Hall–Kier alpha value is -0.830. The smallest absolute Gasteiger partial charge is 0.180 e. The van der Waals surface area contributed by atoms with Crippen molar-refractivity contribution in [1.82, 2.24) is 4.98 Å². The second kappa shape index (κ2) is 2.42. The van der Waals surface area contributed by atoms with Crippen LogP contribution in [0.1, 0.15) is 19.6 Å². The first kappa shape index (κ1) is 7.28. The molecule has 0 aliphatic heterocycles. The van der Waals surface area contributed by atoms with Crippen LogP contribution in [-0.2, 0) is 6.42 Å². The summed E-state index contributed by atoms with van der Waals surface area (Å²) in [6.07, 6.45) is 3.84. The van der Waals surface area contributed by atoms with Gasteiger partial charge >= 0.3 is 0 Å². The van der Waals surface area contributed by atoms with Crippen molar-refractivity contribution < 1.29 is 4.42 Å². The largest absolute Gasteiger partial charge is 0.448 e. The molecular formula is C7H12N2O. The van der Waals surface area contributed by atoms with Gasteiger partial charge in [0.05, 0.1) is 6.20 Å². The first-order valence-corrected chi connectivity index (χ1v) is 3.24. The van der Waals surface area contributed by atoms with Crippen LogP contribution >= 0.6 is 0 Å². The Bertz CT molecular complexity index is 186. The van der Waals surface area contributed by atoms with E-state index in [1.165, 1.54) is 6.39 Å². The molecule has 0 bridgehead atoms. The number of nitrogens with two attached hydrogens (primary N) is 1. The van der Waals surface area contributed by atoms with E-state index >= 15 is 0 Å². The van der Waals surface area contributed by atoms with E-state index in [1.807, 2.05) is 13.8 Å². The summed E-state index contributed by atoms with van der Waals surface area (Å²) in [4.78, 5) is 3.78. The van der Waals surface area contributed by atoms with Gasteiger partial charge in [-0.2, -0.15) is 0 Å². The van der Waals surface area contributed by atoms with E-state index < -0.39 is 0 Å². The zero-order valence-electron chi connectivity index (χ0n) is 6.29. The second-order valence-electron chi connectivity index (χ2n) is 3.13. The van der Waals surface area contributed by atoms with Crippen molar-refractivity contribution in [3.05, 3.63) is 18.4 Å². The molecule has 0 amide bonds. The number of rotatable bonds is 2. The minimum absolute atomic E-state index is 0.209. The number of hydrogen-bond acceptors (Lipinski definition) is 3. The first-order chi connectivity index (χ1) is 4.58. The first-order valence-electron chi connectivity index (χ1n) is 3.24. The average Bonchev–Trinajstić information content (AvgIpc) is 2.12. The normalized spacial score (nSPS) is 11.9. The molecule has 0 atom stereocenters. The molecule has 10 heavy (non-hydrogen) atoms. The van der Waals surface area contributed by atoms with Crippen molar-refractivity contribution in [3.63, 3.8) is 0 Å². The summed E-state index contributed by atoms with van der Waals surface area (Å²) in [6, 6.07) is 0. The molecule has 56 valence electrons. The highest BCUT2D eigenvalue weighted by molar-refractivity contribution is 4.95. The van der Waals surface area contributed by atoms with E-state index in [1.54, 1.807) is 6.20 Å². The van der Waals surface area contributed by atoms with E-state index in [2.05, 4.69) is 4.98 Å². The maximum absolute atomic E-state index is 5.74. The summed E-state index contributed by atoms with van der Waals surface area (Å²) < 4.78 is 5.02. The Morgan fingerprint density at radius 3 is 2.80 bits per heavy atom. The summed E-state index contributed by atoms with van der Waals surface area (Å²) >= 11 is 0. The van der Waals surface area contributed by atoms with E-state index in [0.717, 1.165) is 12.2 Å². The van der Waals surface area contributed by atoms with E-state index in [9.17, 15) is 0 Å². The highest BCUT2D eigenvalue weighted by atomic mass is 16.3. The van der Waals surface area contributed by atoms with Gasteiger partial charge in [0.15, 0.2) is 6.39 Å². The number of oxazole rings is 1. The molecule has 0 spiro atoms. The number of aromatic nitrogens is 1. The van der Waals surface area contributed by atoms with Gasteiger partial charge in [-0.15, -0.1) is 0 Å². The SMILES string of the molecule is CC(C)(N)Cc1cnco1. The monoisotopic (exact) mass is 140 g/mol. The van der Waals surface area contributed by atoms with Crippen molar-refractivity contribution in [2.45, 2.75) is 25.8 Å². The molecule has 0 aromatic carbocycles. The van der Waals surface area contributed by atoms with Gasteiger partial charge in [-0.25, -0.2) is 4.98 Å². The number of nitrogens with zero attached hydrogens (tertiary/aromatic N) is 1. The zero-order valence-corrected chi connectivity index (χ0v) is 6.29. The quantitative estimate of drug-likeness (QED) is 0.665. The predicted molar refractivity (Wildman–Crippen MR) is 38.5 cm³/mol. The Labute approximate surface area is 60.2 Å². The molecule has 0 aliphatic carbocycles. The van der Waals surface area contributed by atoms with Crippen molar-refractivity contribution in [2.75, 3.05) is 0 Å². The molecule has 3 heteroatoms. The van der Waals surface area contributed by atoms with Gasteiger partial charge in [0, 0.05) is 12.0 Å². The topological polar surface area (TPSA) is 52.0 Å². The van der Waals surface area contributed by atoms with Crippen LogP contribution in [-0.4, -0.2) is 10.5 Å². The molecule has 0 aliphatic rings. The number of hydrogen-bond donors (Lipinski definition) is 1. The summed E-state index contributed by atoms with van der Waals surface area (Å²) in [5.74, 6) is 0.840. The summed E-state index contributed by atoms with van der Waals surface area (Å²) in [6.45, 7) is 3.91. The highest BCUT2D eigenvalue weighted by Crippen LogP contribution is 2.07. The molecular weight excluding hydrogens is 128 g/mol. The molecule has 0 saturated carbocycles. The van der Waals surface area contributed by atoms with Crippen molar-refractivity contribution >= 4 is 0 Å². The van der Waals surface area contributed by atoms with Gasteiger partial charge in [-0.1, -0.05) is 0 Å². The van der Waals surface area contributed by atoms with Crippen LogP contribution in [0.3, 0.4) is 0 Å². The lowest BCUT2D eigenvalue weighted by atomic mass is 10.0. The lowest BCUT2D eigenvalue weighted by molar-refractivity contribution is 0.429. The Morgan fingerprint density at radius 1 is 1.70 bits per heavy atom. The van der Waals surface area contributed by atoms with Crippen LogP contribution in [0.4, 0.5) is 0 Å². The van der Waals surface area contributed by atoms with Gasteiger partial charge in [0.2, 0.25) is 0 Å². The van der Waals surface area contributed by atoms with E-state index in [0.29, 0.717) is 0 Å². The fraction of sp³-hybridized carbons (Fsp3) is 0.571. The van der Waals surface area contributed by atoms with Crippen molar-refractivity contribution in [1.29, 1.82) is 0 Å². The summed E-state index contributed by atoms with van der Waals surface area (Å²) in [5.41, 5.74) is 5.53. The lowest BCUT2D eigenvalue weighted by Crippen LogP contribution is -2.34. The van der Waals surface area contributed by atoms with Crippen LogP contribution in [0.15, 0.2) is 17.0 Å². The molecule has 1 rings (SSSR count). The zero-order chi connectivity index (χ0) is 7.61. The fourth-order valence-electron chi connectivity index (χ4n) is 0.778. The fourth-order valence-corrected chi connectivity index (χ4v) is 0.778. The molecule has 1 aromatic heterocycles. The van der Waals surface area contributed by atoms with Gasteiger partial charge < -0.3 is 10.2 Å². The molecule has 1 aromatic rings. The minimum atomic E-state index is -0.209. The third-order valence-corrected chi connectivity index (χ3v) is 1.11. The van der Waals surface area contributed by atoms with Crippen LogP contribution in [0.2, 0.25) is 0 Å². The van der Waals surface area contributed by atoms with Gasteiger partial charge in [0.25, 0.3) is 0 Å². The third kappa shape index (κ3) is 2.19. The van der Waals surface area contributed by atoms with Gasteiger partial charge in [-0.3, -0.25) is 0 Å². The average molecular weight is 140 g/mol. The van der Waals surface area contributed by atoms with Crippen LogP contribution in [0.5, 0.6) is 0 Å². The molecule has 0 unspecified atom stereocenters. The maximum Gasteiger partial charge on any atom is 0.180 e. The molecule has 0 fully saturated rings. The van der Waals surface area contributed by atoms with Crippen molar-refractivity contribution in [2.24, 2.45) is 5.73 Å². The summed E-state index contributed by atoms with van der Waals surface area (Å²) in [7, 11) is 0. The van der Waals surface area contributed by atoms with Gasteiger partial charge in [0.1, 0.15) is 5.76 Å². The lowest BCUT2D eigenvalue weighted by Gasteiger charge is -2.15. The highest BCUT2D eigenvalue weighted by Gasteiger charge is 2.13. The molecule has 3 nitrogen and oxygen atoms in total. The summed E-state index contributed by atoms with van der Waals surface area (Å²) in [5, 5.41) is 0. The molecule has 0 radical (unpaired) electrons.